The number of aryl methyl sites for hydroxylation is 3. The van der Waals surface area contributed by atoms with Crippen LogP contribution in [0, 0.1) is 20.8 Å². The molecule has 1 aromatic carbocycles. The number of para-hydroxylation sites is 1. The summed E-state index contributed by atoms with van der Waals surface area (Å²) in [6.45, 7) is 9.29. The molecule has 0 atom stereocenters. The van der Waals surface area contributed by atoms with Crippen molar-refractivity contribution in [2.75, 3.05) is 11.1 Å². The number of anilines is 1. The third-order valence-electron chi connectivity index (χ3n) is 4.09. The van der Waals surface area contributed by atoms with Crippen LogP contribution >= 0.6 is 0 Å². The van der Waals surface area contributed by atoms with E-state index >= 15 is 0 Å². The molecule has 0 aliphatic rings. The molecule has 2 rings (SSSR count). The molecule has 136 valence electrons. The van der Waals surface area contributed by atoms with Gasteiger partial charge >= 0.3 is 0 Å². The smallest absolute Gasteiger partial charge is 0.239 e. The zero-order chi connectivity index (χ0) is 18.8. The Balaban J connectivity index is 2.15. The van der Waals surface area contributed by atoms with Crippen LogP contribution in [0.2, 0.25) is 0 Å². The number of benzene rings is 1. The molecule has 2 aromatic rings. The van der Waals surface area contributed by atoms with E-state index in [-0.39, 0.29) is 11.7 Å². The first-order valence-corrected chi connectivity index (χ1v) is 9.94. The molecule has 1 aromatic heterocycles. The number of carbonyl (C=O) groups is 1. The first-order chi connectivity index (χ1) is 11.6. The van der Waals surface area contributed by atoms with Crippen molar-refractivity contribution in [2.24, 2.45) is 0 Å². The number of carbonyl (C=O) groups excluding carboxylic acids is 1. The maximum Gasteiger partial charge on any atom is 0.239 e. The van der Waals surface area contributed by atoms with Gasteiger partial charge in [-0.25, -0.2) is 8.42 Å². The summed E-state index contributed by atoms with van der Waals surface area (Å²) in [6, 6.07) is 5.75. The lowest BCUT2D eigenvalue weighted by Gasteiger charge is -2.16. The lowest BCUT2D eigenvalue weighted by molar-refractivity contribution is -0.113. The molecule has 0 fully saturated rings. The Morgan fingerprint density at radius 3 is 2.48 bits per heavy atom. The van der Waals surface area contributed by atoms with Gasteiger partial charge in [-0.05, 0) is 37.8 Å². The fourth-order valence-corrected chi connectivity index (χ4v) is 4.12. The average Bonchev–Trinajstić information content (AvgIpc) is 2.80. The van der Waals surface area contributed by atoms with E-state index in [0.717, 1.165) is 11.1 Å². The van der Waals surface area contributed by atoms with Gasteiger partial charge < -0.3 is 9.84 Å². The Labute approximate surface area is 148 Å². The Morgan fingerprint density at radius 1 is 1.24 bits per heavy atom. The molecule has 1 amide bonds. The lowest BCUT2D eigenvalue weighted by atomic mass is 9.98. The zero-order valence-corrected chi connectivity index (χ0v) is 16.0. The molecule has 6 nitrogen and oxygen atoms in total. The summed E-state index contributed by atoms with van der Waals surface area (Å²) in [6.07, 6.45) is 0. The van der Waals surface area contributed by atoms with Crippen molar-refractivity contribution < 1.29 is 17.7 Å². The van der Waals surface area contributed by atoms with Gasteiger partial charge in [0.05, 0.1) is 11.4 Å². The molecule has 7 heteroatoms. The van der Waals surface area contributed by atoms with Gasteiger partial charge in [-0.2, -0.15) is 0 Å². The van der Waals surface area contributed by atoms with E-state index in [0.29, 0.717) is 22.7 Å². The van der Waals surface area contributed by atoms with Crippen molar-refractivity contribution in [1.82, 2.24) is 5.16 Å². The van der Waals surface area contributed by atoms with Crippen molar-refractivity contribution in [3.63, 3.8) is 0 Å². The van der Waals surface area contributed by atoms with Crippen LogP contribution in [-0.2, 0) is 20.4 Å². The van der Waals surface area contributed by atoms with Crippen LogP contribution in [0.5, 0.6) is 0 Å². The molecule has 0 aliphatic carbocycles. The highest BCUT2D eigenvalue weighted by Gasteiger charge is 2.23. The van der Waals surface area contributed by atoms with Crippen LogP contribution in [0.15, 0.2) is 22.7 Å². The van der Waals surface area contributed by atoms with E-state index in [1.807, 2.05) is 39.0 Å². The van der Waals surface area contributed by atoms with Crippen LogP contribution in [0.1, 0.15) is 47.9 Å². The predicted molar refractivity (Wildman–Crippen MR) is 97.4 cm³/mol. The molecule has 0 spiro atoms. The third-order valence-corrected chi connectivity index (χ3v) is 5.52. The quantitative estimate of drug-likeness (QED) is 0.849. The topological polar surface area (TPSA) is 89.3 Å². The highest BCUT2D eigenvalue weighted by atomic mass is 32.2. The average molecular weight is 364 g/mol. The molecular formula is C18H24N2O4S. The second-order valence-electron chi connectivity index (χ2n) is 6.58. The van der Waals surface area contributed by atoms with Gasteiger partial charge in [-0.1, -0.05) is 37.2 Å². The SMILES string of the molecule is Cc1cccc(C(C)C)c1NC(=O)CS(=O)(=O)Cc1c(C)noc1C. The van der Waals surface area contributed by atoms with Crippen LogP contribution < -0.4 is 5.32 Å². The van der Waals surface area contributed by atoms with Gasteiger partial charge in [0, 0.05) is 11.3 Å². The summed E-state index contributed by atoms with van der Waals surface area (Å²) in [7, 11) is -3.63. The van der Waals surface area contributed by atoms with E-state index in [1.165, 1.54) is 0 Å². The summed E-state index contributed by atoms with van der Waals surface area (Å²) in [4.78, 5) is 12.3. The van der Waals surface area contributed by atoms with Gasteiger partial charge in [0.25, 0.3) is 0 Å². The Kier molecular flexibility index (Phi) is 5.67. The molecule has 25 heavy (non-hydrogen) atoms. The summed E-state index contributed by atoms with van der Waals surface area (Å²) in [5, 5.41) is 6.52. The van der Waals surface area contributed by atoms with E-state index in [9.17, 15) is 13.2 Å². The van der Waals surface area contributed by atoms with Crippen LogP contribution in [-0.4, -0.2) is 25.2 Å². The van der Waals surface area contributed by atoms with Crippen molar-refractivity contribution in [3.8, 4) is 0 Å². The minimum absolute atomic E-state index is 0.217. The molecule has 0 saturated carbocycles. The van der Waals surface area contributed by atoms with Gasteiger partial charge in [0.15, 0.2) is 9.84 Å². The van der Waals surface area contributed by atoms with Crippen molar-refractivity contribution in [1.29, 1.82) is 0 Å². The van der Waals surface area contributed by atoms with Gasteiger partial charge in [-0.3, -0.25) is 4.79 Å². The molecule has 1 N–H and O–H groups in total. The second kappa shape index (κ2) is 7.39. The molecule has 0 saturated heterocycles. The van der Waals surface area contributed by atoms with Crippen LogP contribution in [0.3, 0.4) is 0 Å². The van der Waals surface area contributed by atoms with Crippen molar-refractivity contribution in [3.05, 3.63) is 46.3 Å². The van der Waals surface area contributed by atoms with Gasteiger partial charge in [-0.15, -0.1) is 0 Å². The Hall–Kier alpha value is -2.15. The monoisotopic (exact) mass is 364 g/mol. The number of aromatic nitrogens is 1. The first-order valence-electron chi connectivity index (χ1n) is 8.12. The number of nitrogens with one attached hydrogen (secondary N) is 1. The zero-order valence-electron chi connectivity index (χ0n) is 15.2. The molecule has 0 unspecified atom stereocenters. The maximum absolute atomic E-state index is 12.4. The standard InChI is InChI=1S/C18H24N2O4S/c1-11(2)15-8-6-7-12(3)18(15)19-17(21)10-25(22,23)9-16-13(4)20-24-14(16)5/h6-8,11H,9-10H2,1-5H3,(H,19,21). The molecule has 0 radical (unpaired) electrons. The minimum atomic E-state index is -3.63. The minimum Gasteiger partial charge on any atom is -0.361 e. The van der Waals surface area contributed by atoms with Crippen molar-refractivity contribution in [2.45, 2.75) is 46.3 Å². The largest absolute Gasteiger partial charge is 0.361 e. The molecule has 0 bridgehead atoms. The van der Waals surface area contributed by atoms with Gasteiger partial charge in [0.2, 0.25) is 5.91 Å². The fourth-order valence-electron chi connectivity index (χ4n) is 2.70. The lowest BCUT2D eigenvalue weighted by Crippen LogP contribution is -2.25. The highest BCUT2D eigenvalue weighted by Crippen LogP contribution is 2.27. The second-order valence-corrected chi connectivity index (χ2v) is 8.64. The predicted octanol–water partition coefficient (Wildman–Crippen LogP) is 3.28. The van der Waals surface area contributed by atoms with Crippen LogP contribution in [0.25, 0.3) is 0 Å². The van der Waals surface area contributed by atoms with E-state index in [1.54, 1.807) is 13.8 Å². The van der Waals surface area contributed by atoms with Crippen LogP contribution in [0.4, 0.5) is 5.69 Å². The van der Waals surface area contributed by atoms with Crippen molar-refractivity contribution >= 4 is 21.4 Å². The summed E-state index contributed by atoms with van der Waals surface area (Å²) in [5.74, 6) is -0.699. The van der Waals surface area contributed by atoms with E-state index in [2.05, 4.69) is 10.5 Å². The molecule has 0 aliphatic heterocycles. The van der Waals surface area contributed by atoms with E-state index in [4.69, 9.17) is 4.52 Å². The number of amides is 1. The first kappa shape index (κ1) is 19.2. The Bertz CT molecular complexity index is 863. The number of hydrogen-bond donors (Lipinski definition) is 1. The summed E-state index contributed by atoms with van der Waals surface area (Å²) < 4.78 is 29.7. The molecule has 1 heterocycles. The van der Waals surface area contributed by atoms with Gasteiger partial charge in [0.1, 0.15) is 11.5 Å². The van der Waals surface area contributed by atoms with E-state index < -0.39 is 21.5 Å². The summed E-state index contributed by atoms with van der Waals surface area (Å²) >= 11 is 0. The maximum atomic E-state index is 12.4. The molecular weight excluding hydrogens is 340 g/mol. The number of nitrogens with zero attached hydrogens (tertiary/aromatic N) is 1. The fraction of sp³-hybridized carbons (Fsp3) is 0.444. The number of rotatable bonds is 6. The number of sulfone groups is 1. The highest BCUT2D eigenvalue weighted by molar-refractivity contribution is 7.91. The summed E-state index contributed by atoms with van der Waals surface area (Å²) in [5.41, 5.74) is 3.63. The Morgan fingerprint density at radius 2 is 1.92 bits per heavy atom. The third kappa shape index (κ3) is 4.69. The number of hydrogen-bond acceptors (Lipinski definition) is 5. The normalized spacial score (nSPS) is 11.8.